The minimum atomic E-state index is -1.000. The number of hydrogen-bond acceptors (Lipinski definition) is 8. The van der Waals surface area contributed by atoms with Crippen molar-refractivity contribution >= 4 is 35.1 Å². The summed E-state index contributed by atoms with van der Waals surface area (Å²) < 4.78 is 10.3. The highest BCUT2D eigenvalue weighted by Gasteiger charge is 2.43. The molecule has 1 aromatic heterocycles. The first-order valence-corrected chi connectivity index (χ1v) is 10.3. The molecular weight excluding hydrogens is 408 g/mol. The van der Waals surface area contributed by atoms with Crippen molar-refractivity contribution in [1.29, 1.82) is 0 Å². The molecule has 1 atom stereocenters. The van der Waals surface area contributed by atoms with Crippen molar-refractivity contribution in [3.63, 3.8) is 0 Å². The van der Waals surface area contributed by atoms with Crippen molar-refractivity contribution in [2.45, 2.75) is 45.8 Å². The van der Waals surface area contributed by atoms with Gasteiger partial charge in [0, 0.05) is 5.38 Å². The molecule has 8 nitrogen and oxygen atoms in total. The fourth-order valence-corrected chi connectivity index (χ4v) is 3.94. The summed E-state index contributed by atoms with van der Waals surface area (Å²) in [6, 6.07) is 5.45. The lowest BCUT2D eigenvalue weighted by Crippen LogP contribution is -2.36. The van der Waals surface area contributed by atoms with Crippen molar-refractivity contribution < 1.29 is 28.7 Å². The van der Waals surface area contributed by atoms with E-state index in [2.05, 4.69) is 4.98 Å². The molecule has 1 aliphatic rings. The minimum Gasteiger partial charge on any atom is -0.461 e. The van der Waals surface area contributed by atoms with Gasteiger partial charge in [0.2, 0.25) is 0 Å². The topological polar surface area (TPSA) is 103 Å². The Kier molecular flexibility index (Phi) is 6.02. The van der Waals surface area contributed by atoms with Gasteiger partial charge in [-0.05, 0) is 39.8 Å². The van der Waals surface area contributed by atoms with E-state index in [-0.39, 0.29) is 34.9 Å². The molecule has 2 amide bonds. The van der Waals surface area contributed by atoms with Gasteiger partial charge >= 0.3 is 11.9 Å². The Morgan fingerprint density at radius 3 is 2.27 bits per heavy atom. The Morgan fingerprint density at radius 2 is 1.73 bits per heavy atom. The number of carbonyl (C=O) groups is 4. The first-order chi connectivity index (χ1) is 14.1. The molecule has 3 rings (SSSR count). The maximum atomic E-state index is 13.0. The third-order valence-corrected chi connectivity index (χ3v) is 5.15. The highest BCUT2D eigenvalue weighted by atomic mass is 32.1. The fraction of sp³-hybridized carbons (Fsp3) is 0.381. The zero-order chi connectivity index (χ0) is 22.1. The van der Waals surface area contributed by atoms with Crippen molar-refractivity contribution in [1.82, 2.24) is 9.88 Å². The lowest BCUT2D eigenvalue weighted by Gasteiger charge is -2.26. The minimum absolute atomic E-state index is 0.0580. The van der Waals surface area contributed by atoms with Gasteiger partial charge in [0.1, 0.15) is 16.7 Å². The molecule has 0 fully saturated rings. The largest absolute Gasteiger partial charge is 0.461 e. The van der Waals surface area contributed by atoms with Crippen molar-refractivity contribution in [3.05, 3.63) is 51.5 Å². The summed E-state index contributed by atoms with van der Waals surface area (Å²) in [5.74, 6) is -2.23. The van der Waals surface area contributed by atoms with Crippen LogP contribution in [0.2, 0.25) is 0 Å². The van der Waals surface area contributed by atoms with Crippen LogP contribution in [-0.2, 0) is 14.3 Å². The number of ether oxygens (including phenoxy) is 2. The number of amides is 2. The SMILES string of the molecule is CCOC(=O)c1csc(C(CC(=O)OC(C)(C)C)N2C(=O)c3ccccc3C2=O)n1. The second-order valence-corrected chi connectivity index (χ2v) is 8.51. The van der Waals surface area contributed by atoms with Crippen LogP contribution in [0.15, 0.2) is 29.6 Å². The monoisotopic (exact) mass is 430 g/mol. The molecule has 1 aromatic carbocycles. The van der Waals surface area contributed by atoms with E-state index in [4.69, 9.17) is 9.47 Å². The molecule has 0 saturated heterocycles. The highest BCUT2D eigenvalue weighted by molar-refractivity contribution is 7.10. The van der Waals surface area contributed by atoms with Gasteiger partial charge < -0.3 is 9.47 Å². The third kappa shape index (κ3) is 4.40. The van der Waals surface area contributed by atoms with Crippen LogP contribution in [0.4, 0.5) is 0 Å². The second kappa shape index (κ2) is 8.35. The Labute approximate surface area is 177 Å². The maximum Gasteiger partial charge on any atom is 0.357 e. The summed E-state index contributed by atoms with van der Waals surface area (Å²) in [5, 5.41) is 1.76. The lowest BCUT2D eigenvalue weighted by atomic mass is 10.1. The Balaban J connectivity index is 1.97. The molecule has 0 radical (unpaired) electrons. The average Bonchev–Trinajstić information content (AvgIpc) is 3.24. The molecule has 9 heteroatoms. The van der Waals surface area contributed by atoms with E-state index >= 15 is 0 Å². The molecule has 0 saturated carbocycles. The molecule has 1 aliphatic heterocycles. The summed E-state index contributed by atoms with van der Waals surface area (Å²) in [6.07, 6.45) is -0.279. The summed E-state index contributed by atoms with van der Waals surface area (Å²) in [7, 11) is 0. The molecule has 158 valence electrons. The van der Waals surface area contributed by atoms with Crippen LogP contribution in [-0.4, -0.2) is 45.8 Å². The van der Waals surface area contributed by atoms with Crippen LogP contribution >= 0.6 is 11.3 Å². The standard InChI is InChI=1S/C21H22N2O6S/c1-5-28-20(27)14-11-30-17(22-14)15(10-16(24)29-21(2,3)4)23-18(25)12-8-6-7-9-13(12)19(23)26/h6-9,11,15H,5,10H2,1-4H3. The van der Waals surface area contributed by atoms with E-state index in [0.717, 1.165) is 16.2 Å². The van der Waals surface area contributed by atoms with E-state index < -0.39 is 35.4 Å². The van der Waals surface area contributed by atoms with Gasteiger partial charge in [-0.3, -0.25) is 19.3 Å². The van der Waals surface area contributed by atoms with Crippen molar-refractivity contribution in [2.75, 3.05) is 6.61 Å². The summed E-state index contributed by atoms with van der Waals surface area (Å²) in [5.41, 5.74) is -0.150. The molecular formula is C21H22N2O6S. The molecule has 0 aliphatic carbocycles. The zero-order valence-electron chi connectivity index (χ0n) is 17.1. The number of carbonyl (C=O) groups excluding carboxylic acids is 4. The summed E-state index contributed by atoms with van der Waals surface area (Å²) in [6.45, 7) is 7.04. The van der Waals surface area contributed by atoms with E-state index in [9.17, 15) is 19.2 Å². The van der Waals surface area contributed by atoms with Crippen LogP contribution < -0.4 is 0 Å². The molecule has 2 aromatic rings. The molecule has 0 bridgehead atoms. The number of rotatable bonds is 6. The number of benzene rings is 1. The predicted molar refractivity (Wildman–Crippen MR) is 108 cm³/mol. The zero-order valence-corrected chi connectivity index (χ0v) is 17.9. The number of aromatic nitrogens is 1. The third-order valence-electron chi connectivity index (χ3n) is 4.21. The van der Waals surface area contributed by atoms with Crippen molar-refractivity contribution in [3.8, 4) is 0 Å². The molecule has 0 N–H and O–H groups in total. The van der Waals surface area contributed by atoms with Crippen LogP contribution in [0.25, 0.3) is 0 Å². The Hall–Kier alpha value is -3.07. The van der Waals surface area contributed by atoms with Crippen LogP contribution in [0.3, 0.4) is 0 Å². The van der Waals surface area contributed by atoms with Gasteiger partial charge in [-0.25, -0.2) is 9.78 Å². The smallest absolute Gasteiger partial charge is 0.357 e. The van der Waals surface area contributed by atoms with E-state index in [1.807, 2.05) is 0 Å². The quantitative estimate of drug-likeness (QED) is 0.511. The van der Waals surface area contributed by atoms with E-state index in [0.29, 0.717) is 0 Å². The van der Waals surface area contributed by atoms with Gasteiger partial charge in [-0.1, -0.05) is 12.1 Å². The predicted octanol–water partition coefficient (Wildman–Crippen LogP) is 3.39. The van der Waals surface area contributed by atoms with Crippen LogP contribution in [0, 0.1) is 0 Å². The molecule has 30 heavy (non-hydrogen) atoms. The molecule has 2 heterocycles. The van der Waals surface area contributed by atoms with E-state index in [1.165, 1.54) is 5.38 Å². The maximum absolute atomic E-state index is 13.0. The number of esters is 2. The lowest BCUT2D eigenvalue weighted by molar-refractivity contribution is -0.155. The number of nitrogens with zero attached hydrogens (tertiary/aromatic N) is 2. The molecule has 1 unspecified atom stereocenters. The number of hydrogen-bond donors (Lipinski definition) is 0. The fourth-order valence-electron chi connectivity index (χ4n) is 3.06. The van der Waals surface area contributed by atoms with E-state index in [1.54, 1.807) is 52.0 Å². The first kappa shape index (κ1) is 21.6. The number of fused-ring (bicyclic) bond motifs is 1. The number of thiazole rings is 1. The van der Waals surface area contributed by atoms with Gasteiger partial charge in [0.05, 0.1) is 24.2 Å². The average molecular weight is 430 g/mol. The Morgan fingerprint density at radius 1 is 1.13 bits per heavy atom. The van der Waals surface area contributed by atoms with Crippen LogP contribution in [0.5, 0.6) is 0 Å². The number of imide groups is 1. The van der Waals surface area contributed by atoms with Gasteiger partial charge in [-0.2, -0.15) is 0 Å². The second-order valence-electron chi connectivity index (χ2n) is 7.62. The van der Waals surface area contributed by atoms with Crippen molar-refractivity contribution in [2.24, 2.45) is 0 Å². The summed E-state index contributed by atoms with van der Waals surface area (Å²) in [4.78, 5) is 55.7. The van der Waals surface area contributed by atoms with Gasteiger partial charge in [0.25, 0.3) is 11.8 Å². The normalized spacial score (nSPS) is 14.5. The Bertz CT molecular complexity index is 972. The van der Waals surface area contributed by atoms with Crippen LogP contribution in [0.1, 0.15) is 76.4 Å². The van der Waals surface area contributed by atoms with Gasteiger partial charge in [0.15, 0.2) is 5.69 Å². The van der Waals surface area contributed by atoms with Gasteiger partial charge in [-0.15, -0.1) is 11.3 Å². The molecule has 0 spiro atoms. The highest BCUT2D eigenvalue weighted by Crippen LogP contribution is 2.35. The first-order valence-electron chi connectivity index (χ1n) is 9.43. The summed E-state index contributed by atoms with van der Waals surface area (Å²) >= 11 is 1.08.